The average Bonchev–Trinajstić information content (AvgIpc) is 2.78. The molecular formula is C24H23N5. The number of pyridine rings is 1. The van der Waals surface area contributed by atoms with E-state index in [2.05, 4.69) is 63.9 Å². The molecule has 0 atom stereocenters. The zero-order valence-electron chi connectivity index (χ0n) is 16.3. The molecule has 0 aliphatic heterocycles. The summed E-state index contributed by atoms with van der Waals surface area (Å²) in [5.74, 6) is 1.38. The van der Waals surface area contributed by atoms with Crippen molar-refractivity contribution in [2.75, 3.05) is 10.6 Å². The van der Waals surface area contributed by atoms with Crippen molar-refractivity contribution in [2.45, 2.75) is 20.0 Å². The van der Waals surface area contributed by atoms with Crippen molar-refractivity contribution in [1.29, 1.82) is 0 Å². The van der Waals surface area contributed by atoms with Crippen molar-refractivity contribution in [3.63, 3.8) is 0 Å². The molecule has 0 fully saturated rings. The van der Waals surface area contributed by atoms with Crippen LogP contribution in [0.2, 0.25) is 0 Å². The number of nitrogens with one attached hydrogen (secondary N) is 2. The van der Waals surface area contributed by atoms with Crippen molar-refractivity contribution in [2.24, 2.45) is 0 Å². The van der Waals surface area contributed by atoms with E-state index in [1.54, 1.807) is 12.4 Å². The maximum Gasteiger partial charge on any atom is 0.225 e. The van der Waals surface area contributed by atoms with E-state index in [1.807, 2.05) is 36.4 Å². The van der Waals surface area contributed by atoms with Crippen LogP contribution in [-0.4, -0.2) is 15.0 Å². The van der Waals surface area contributed by atoms with Gasteiger partial charge in [-0.3, -0.25) is 4.98 Å². The van der Waals surface area contributed by atoms with Crippen LogP contribution in [0.25, 0.3) is 11.3 Å². The smallest absolute Gasteiger partial charge is 0.225 e. The first kappa shape index (κ1) is 18.6. The van der Waals surface area contributed by atoms with Gasteiger partial charge in [-0.2, -0.15) is 4.98 Å². The predicted molar refractivity (Wildman–Crippen MR) is 118 cm³/mol. The number of hydrogen-bond donors (Lipinski definition) is 2. The van der Waals surface area contributed by atoms with Crippen LogP contribution in [0.15, 0.2) is 85.2 Å². The lowest BCUT2D eigenvalue weighted by atomic mass is 10.1. The fraction of sp³-hybridized carbons (Fsp3) is 0.125. The number of aryl methyl sites for hydroxylation is 1. The van der Waals surface area contributed by atoms with Crippen molar-refractivity contribution in [1.82, 2.24) is 15.0 Å². The zero-order valence-corrected chi connectivity index (χ0v) is 16.3. The molecule has 144 valence electrons. The highest BCUT2D eigenvalue weighted by atomic mass is 15.1. The Labute approximate surface area is 170 Å². The number of hydrogen-bond acceptors (Lipinski definition) is 5. The van der Waals surface area contributed by atoms with E-state index < -0.39 is 0 Å². The standard InChI is InChI=1S/C24H23N5/c1-18-6-5-7-20(14-18)17-26-23-15-22(21-8-3-2-4-9-21)28-24(29-23)27-16-19-10-12-25-13-11-19/h2-15H,16-17H2,1H3,(H2,26,27,28,29). The maximum atomic E-state index is 4.71. The molecule has 4 aromatic rings. The molecule has 4 rings (SSSR count). The van der Waals surface area contributed by atoms with Crippen LogP contribution in [0.3, 0.4) is 0 Å². The minimum Gasteiger partial charge on any atom is -0.366 e. The molecule has 0 amide bonds. The van der Waals surface area contributed by atoms with E-state index in [0.29, 0.717) is 19.0 Å². The fourth-order valence-electron chi connectivity index (χ4n) is 3.07. The number of rotatable bonds is 7. The Kier molecular flexibility index (Phi) is 5.76. The molecular weight excluding hydrogens is 358 g/mol. The first-order valence-corrected chi connectivity index (χ1v) is 9.63. The van der Waals surface area contributed by atoms with E-state index in [9.17, 15) is 0 Å². The van der Waals surface area contributed by atoms with Gasteiger partial charge in [-0.15, -0.1) is 0 Å². The van der Waals surface area contributed by atoms with Gasteiger partial charge in [0.2, 0.25) is 5.95 Å². The van der Waals surface area contributed by atoms with Crippen LogP contribution in [0, 0.1) is 6.92 Å². The Balaban J connectivity index is 1.57. The second kappa shape index (κ2) is 8.97. The second-order valence-electron chi connectivity index (χ2n) is 6.88. The summed E-state index contributed by atoms with van der Waals surface area (Å²) >= 11 is 0. The Morgan fingerprint density at radius 3 is 2.31 bits per heavy atom. The van der Waals surface area contributed by atoms with Crippen LogP contribution in [0.1, 0.15) is 16.7 Å². The van der Waals surface area contributed by atoms with E-state index >= 15 is 0 Å². The van der Waals surface area contributed by atoms with Gasteiger partial charge < -0.3 is 10.6 Å². The monoisotopic (exact) mass is 381 g/mol. The zero-order chi connectivity index (χ0) is 19.9. The summed E-state index contributed by atoms with van der Waals surface area (Å²) in [7, 11) is 0. The second-order valence-corrected chi connectivity index (χ2v) is 6.88. The highest BCUT2D eigenvalue weighted by Gasteiger charge is 2.07. The Bertz CT molecular complexity index is 1060. The third-order valence-electron chi connectivity index (χ3n) is 4.55. The summed E-state index contributed by atoms with van der Waals surface area (Å²) in [6.07, 6.45) is 3.57. The van der Waals surface area contributed by atoms with Crippen LogP contribution in [0.4, 0.5) is 11.8 Å². The summed E-state index contributed by atoms with van der Waals surface area (Å²) in [6.45, 7) is 3.44. The predicted octanol–water partition coefficient (Wildman–Crippen LogP) is 5.07. The molecule has 5 nitrogen and oxygen atoms in total. The lowest BCUT2D eigenvalue weighted by Gasteiger charge is -2.12. The van der Waals surface area contributed by atoms with E-state index in [1.165, 1.54) is 11.1 Å². The molecule has 2 N–H and O–H groups in total. The van der Waals surface area contributed by atoms with Crippen molar-refractivity contribution < 1.29 is 0 Å². The maximum absolute atomic E-state index is 4.71. The molecule has 0 spiro atoms. The van der Waals surface area contributed by atoms with Gasteiger partial charge in [-0.25, -0.2) is 4.98 Å². The summed E-state index contributed by atoms with van der Waals surface area (Å²) < 4.78 is 0. The average molecular weight is 381 g/mol. The number of benzene rings is 2. The molecule has 0 aliphatic rings. The molecule has 2 heterocycles. The Morgan fingerprint density at radius 1 is 0.724 bits per heavy atom. The van der Waals surface area contributed by atoms with Gasteiger partial charge in [-0.1, -0.05) is 60.2 Å². The van der Waals surface area contributed by atoms with E-state index in [4.69, 9.17) is 4.98 Å². The third kappa shape index (κ3) is 5.17. The largest absolute Gasteiger partial charge is 0.366 e. The van der Waals surface area contributed by atoms with Gasteiger partial charge >= 0.3 is 0 Å². The summed E-state index contributed by atoms with van der Waals surface area (Å²) in [5, 5.41) is 6.76. The third-order valence-corrected chi connectivity index (χ3v) is 4.55. The number of anilines is 2. The van der Waals surface area contributed by atoms with E-state index in [-0.39, 0.29) is 0 Å². The minimum atomic E-state index is 0.593. The fourth-order valence-corrected chi connectivity index (χ4v) is 3.07. The Morgan fingerprint density at radius 2 is 1.52 bits per heavy atom. The molecule has 2 aromatic carbocycles. The Hall–Kier alpha value is -3.73. The molecule has 0 unspecified atom stereocenters. The van der Waals surface area contributed by atoms with Gasteiger partial charge in [0.25, 0.3) is 0 Å². The SMILES string of the molecule is Cc1cccc(CNc2cc(-c3ccccc3)nc(NCc3ccncc3)n2)c1. The first-order valence-electron chi connectivity index (χ1n) is 9.63. The quantitative estimate of drug-likeness (QED) is 0.468. The van der Waals surface area contributed by atoms with Crippen LogP contribution < -0.4 is 10.6 Å². The van der Waals surface area contributed by atoms with Crippen LogP contribution in [-0.2, 0) is 13.1 Å². The van der Waals surface area contributed by atoms with Gasteiger partial charge in [-0.05, 0) is 30.2 Å². The molecule has 0 bridgehead atoms. The van der Waals surface area contributed by atoms with Crippen LogP contribution in [0.5, 0.6) is 0 Å². The minimum absolute atomic E-state index is 0.593. The van der Waals surface area contributed by atoms with Gasteiger partial charge in [0, 0.05) is 37.1 Å². The number of nitrogens with zero attached hydrogens (tertiary/aromatic N) is 3. The van der Waals surface area contributed by atoms with Gasteiger partial charge in [0.1, 0.15) is 5.82 Å². The summed E-state index contributed by atoms with van der Waals surface area (Å²) in [6, 6.07) is 24.5. The molecule has 0 saturated carbocycles. The highest BCUT2D eigenvalue weighted by Crippen LogP contribution is 2.22. The molecule has 2 aromatic heterocycles. The summed E-state index contributed by atoms with van der Waals surface area (Å²) in [4.78, 5) is 13.4. The van der Waals surface area contributed by atoms with Gasteiger partial charge in [0.05, 0.1) is 5.69 Å². The number of aromatic nitrogens is 3. The van der Waals surface area contributed by atoms with Crippen molar-refractivity contribution in [3.05, 3.63) is 102 Å². The topological polar surface area (TPSA) is 62.7 Å². The van der Waals surface area contributed by atoms with Crippen LogP contribution >= 0.6 is 0 Å². The first-order chi connectivity index (χ1) is 14.3. The van der Waals surface area contributed by atoms with Crippen molar-refractivity contribution >= 4 is 11.8 Å². The van der Waals surface area contributed by atoms with E-state index in [0.717, 1.165) is 22.6 Å². The lowest BCUT2D eigenvalue weighted by Crippen LogP contribution is -2.08. The summed E-state index contributed by atoms with van der Waals surface area (Å²) in [5.41, 5.74) is 5.53. The molecule has 29 heavy (non-hydrogen) atoms. The normalized spacial score (nSPS) is 10.5. The van der Waals surface area contributed by atoms with Crippen molar-refractivity contribution in [3.8, 4) is 11.3 Å². The van der Waals surface area contributed by atoms with Gasteiger partial charge in [0.15, 0.2) is 0 Å². The molecule has 0 aliphatic carbocycles. The highest BCUT2D eigenvalue weighted by molar-refractivity contribution is 5.64. The lowest BCUT2D eigenvalue weighted by molar-refractivity contribution is 1.03. The molecule has 0 saturated heterocycles. The molecule has 5 heteroatoms. The molecule has 0 radical (unpaired) electrons.